The van der Waals surface area contributed by atoms with Gasteiger partial charge in [0.05, 0.1) is 0 Å². The van der Waals surface area contributed by atoms with E-state index < -0.39 is 0 Å². The predicted octanol–water partition coefficient (Wildman–Crippen LogP) is 4.04. The van der Waals surface area contributed by atoms with Crippen LogP contribution in [0, 0.1) is 12.7 Å². The van der Waals surface area contributed by atoms with E-state index in [0.29, 0.717) is 17.9 Å². The van der Waals surface area contributed by atoms with Gasteiger partial charge < -0.3 is 10.1 Å². The molecule has 19 heavy (non-hydrogen) atoms. The normalized spacial score (nSPS) is 10.5. The van der Waals surface area contributed by atoms with E-state index in [-0.39, 0.29) is 5.82 Å². The molecule has 0 aliphatic heterocycles. The van der Waals surface area contributed by atoms with Gasteiger partial charge in [-0.1, -0.05) is 31.2 Å². The minimum atomic E-state index is -0.243. The average molecular weight is 259 g/mol. The third kappa shape index (κ3) is 3.32. The Kier molecular flexibility index (Phi) is 4.53. The molecule has 2 aromatic rings. The Labute approximate surface area is 113 Å². The van der Waals surface area contributed by atoms with Gasteiger partial charge in [0.15, 0.2) is 0 Å². The molecule has 100 valence electrons. The van der Waals surface area contributed by atoms with Gasteiger partial charge in [0, 0.05) is 12.1 Å². The summed E-state index contributed by atoms with van der Waals surface area (Å²) >= 11 is 0. The van der Waals surface area contributed by atoms with E-state index in [1.807, 2.05) is 38.1 Å². The van der Waals surface area contributed by atoms with E-state index in [0.717, 1.165) is 17.9 Å². The molecule has 0 unspecified atom stereocenters. The van der Waals surface area contributed by atoms with Gasteiger partial charge in [-0.3, -0.25) is 0 Å². The number of hydrogen-bond acceptors (Lipinski definition) is 2. The van der Waals surface area contributed by atoms with Crippen LogP contribution in [0.25, 0.3) is 0 Å². The first-order valence-electron chi connectivity index (χ1n) is 6.44. The van der Waals surface area contributed by atoms with Crippen LogP contribution in [0.2, 0.25) is 0 Å². The van der Waals surface area contributed by atoms with Crippen molar-refractivity contribution in [3.63, 3.8) is 0 Å². The van der Waals surface area contributed by atoms with Gasteiger partial charge in [-0.05, 0) is 37.2 Å². The number of halogens is 1. The summed E-state index contributed by atoms with van der Waals surface area (Å²) in [7, 11) is 0. The molecule has 0 atom stereocenters. The second-order valence-electron chi connectivity index (χ2n) is 4.36. The van der Waals surface area contributed by atoms with Crippen molar-refractivity contribution in [2.75, 3.05) is 6.54 Å². The van der Waals surface area contributed by atoms with Crippen molar-refractivity contribution in [2.24, 2.45) is 0 Å². The molecular formula is C16H18FNO. The fraction of sp³-hybridized carbons (Fsp3) is 0.250. The number of rotatable bonds is 5. The lowest BCUT2D eigenvalue weighted by Crippen LogP contribution is -2.13. The standard InChI is InChI=1S/C16H18FNO/c1-3-18-11-13-14(17)8-6-10-16(13)19-15-9-5-4-7-12(15)2/h4-10,18H,3,11H2,1-2H3. The highest BCUT2D eigenvalue weighted by Gasteiger charge is 2.10. The Morgan fingerprint density at radius 3 is 2.53 bits per heavy atom. The summed E-state index contributed by atoms with van der Waals surface area (Å²) in [5.74, 6) is 1.08. The fourth-order valence-corrected chi connectivity index (χ4v) is 1.85. The third-order valence-corrected chi connectivity index (χ3v) is 2.94. The molecule has 2 rings (SSSR count). The van der Waals surface area contributed by atoms with E-state index in [4.69, 9.17) is 4.74 Å². The van der Waals surface area contributed by atoms with Crippen LogP contribution in [0.3, 0.4) is 0 Å². The lowest BCUT2D eigenvalue weighted by atomic mass is 10.1. The molecule has 1 N–H and O–H groups in total. The molecule has 2 nitrogen and oxygen atoms in total. The molecule has 0 fully saturated rings. The fourth-order valence-electron chi connectivity index (χ4n) is 1.85. The van der Waals surface area contributed by atoms with Gasteiger partial charge >= 0.3 is 0 Å². The first kappa shape index (κ1) is 13.6. The second-order valence-corrected chi connectivity index (χ2v) is 4.36. The molecule has 3 heteroatoms. The lowest BCUT2D eigenvalue weighted by molar-refractivity contribution is 0.459. The molecule has 2 aromatic carbocycles. The maximum absolute atomic E-state index is 13.9. The molecule has 0 amide bonds. The number of aryl methyl sites for hydroxylation is 1. The largest absolute Gasteiger partial charge is 0.457 e. The van der Waals surface area contributed by atoms with Gasteiger partial charge in [0.25, 0.3) is 0 Å². The summed E-state index contributed by atoms with van der Waals surface area (Å²) in [5, 5.41) is 3.13. The van der Waals surface area contributed by atoms with Gasteiger partial charge in [0.1, 0.15) is 17.3 Å². The van der Waals surface area contributed by atoms with Crippen LogP contribution in [0.5, 0.6) is 11.5 Å². The van der Waals surface area contributed by atoms with E-state index in [1.165, 1.54) is 6.07 Å². The molecular weight excluding hydrogens is 241 g/mol. The minimum absolute atomic E-state index is 0.243. The summed E-state index contributed by atoms with van der Waals surface area (Å²) in [4.78, 5) is 0. The molecule has 0 spiro atoms. The SMILES string of the molecule is CCNCc1c(F)cccc1Oc1ccccc1C. The number of ether oxygens (including phenoxy) is 1. The lowest BCUT2D eigenvalue weighted by Gasteiger charge is -2.13. The third-order valence-electron chi connectivity index (χ3n) is 2.94. The van der Waals surface area contributed by atoms with Crippen molar-refractivity contribution in [3.05, 3.63) is 59.4 Å². The molecule has 0 aromatic heterocycles. The topological polar surface area (TPSA) is 21.3 Å². The van der Waals surface area contributed by atoms with Crippen LogP contribution in [0.1, 0.15) is 18.1 Å². The molecule has 0 aliphatic rings. The zero-order valence-corrected chi connectivity index (χ0v) is 11.2. The minimum Gasteiger partial charge on any atom is -0.457 e. The van der Waals surface area contributed by atoms with Gasteiger partial charge in [0.2, 0.25) is 0 Å². The molecule has 0 radical (unpaired) electrons. The number of para-hydroxylation sites is 1. The monoisotopic (exact) mass is 259 g/mol. The average Bonchev–Trinajstić information content (AvgIpc) is 2.41. The maximum atomic E-state index is 13.9. The molecule has 0 aliphatic carbocycles. The Hall–Kier alpha value is -1.87. The van der Waals surface area contributed by atoms with Crippen molar-refractivity contribution in [1.29, 1.82) is 0 Å². The van der Waals surface area contributed by atoms with E-state index in [1.54, 1.807) is 12.1 Å². The van der Waals surface area contributed by atoms with E-state index in [9.17, 15) is 4.39 Å². The summed E-state index contributed by atoms with van der Waals surface area (Å²) in [5.41, 5.74) is 1.59. The van der Waals surface area contributed by atoms with Gasteiger partial charge in [-0.15, -0.1) is 0 Å². The highest BCUT2D eigenvalue weighted by atomic mass is 19.1. The van der Waals surface area contributed by atoms with Crippen LogP contribution >= 0.6 is 0 Å². The second kappa shape index (κ2) is 6.34. The van der Waals surface area contributed by atoms with Crippen molar-refractivity contribution < 1.29 is 9.13 Å². The van der Waals surface area contributed by atoms with Crippen LogP contribution in [-0.2, 0) is 6.54 Å². The summed E-state index contributed by atoms with van der Waals surface area (Å²) in [6.45, 7) is 5.21. The Morgan fingerprint density at radius 2 is 1.79 bits per heavy atom. The van der Waals surface area contributed by atoms with E-state index >= 15 is 0 Å². The van der Waals surface area contributed by atoms with Crippen molar-refractivity contribution in [1.82, 2.24) is 5.32 Å². The van der Waals surface area contributed by atoms with Crippen LogP contribution in [0.4, 0.5) is 4.39 Å². The molecule has 0 bridgehead atoms. The molecule has 0 saturated carbocycles. The van der Waals surface area contributed by atoms with Gasteiger partial charge in [-0.25, -0.2) is 4.39 Å². The Bertz CT molecular complexity index is 554. The smallest absolute Gasteiger partial charge is 0.134 e. The number of hydrogen-bond donors (Lipinski definition) is 1. The predicted molar refractivity (Wildman–Crippen MR) is 75.0 cm³/mol. The molecule has 0 heterocycles. The van der Waals surface area contributed by atoms with Crippen molar-refractivity contribution in [2.45, 2.75) is 20.4 Å². The number of benzene rings is 2. The first-order valence-corrected chi connectivity index (χ1v) is 6.44. The number of nitrogens with one attached hydrogen (secondary N) is 1. The van der Waals surface area contributed by atoms with Crippen LogP contribution < -0.4 is 10.1 Å². The van der Waals surface area contributed by atoms with Crippen molar-refractivity contribution >= 4 is 0 Å². The zero-order valence-electron chi connectivity index (χ0n) is 11.2. The molecule has 0 saturated heterocycles. The quantitative estimate of drug-likeness (QED) is 0.875. The maximum Gasteiger partial charge on any atom is 0.134 e. The van der Waals surface area contributed by atoms with Crippen LogP contribution in [-0.4, -0.2) is 6.54 Å². The summed E-state index contributed by atoms with van der Waals surface area (Å²) in [6, 6.07) is 12.6. The summed E-state index contributed by atoms with van der Waals surface area (Å²) < 4.78 is 19.7. The Morgan fingerprint density at radius 1 is 1.05 bits per heavy atom. The van der Waals surface area contributed by atoms with Gasteiger partial charge in [-0.2, -0.15) is 0 Å². The first-order chi connectivity index (χ1) is 9.22. The summed E-state index contributed by atoms with van der Waals surface area (Å²) in [6.07, 6.45) is 0. The van der Waals surface area contributed by atoms with Crippen molar-refractivity contribution in [3.8, 4) is 11.5 Å². The van der Waals surface area contributed by atoms with E-state index in [2.05, 4.69) is 5.32 Å². The zero-order chi connectivity index (χ0) is 13.7. The Balaban J connectivity index is 2.29. The highest BCUT2D eigenvalue weighted by Crippen LogP contribution is 2.29. The highest BCUT2D eigenvalue weighted by molar-refractivity contribution is 5.41. The van der Waals surface area contributed by atoms with Crippen LogP contribution in [0.15, 0.2) is 42.5 Å².